The summed E-state index contributed by atoms with van der Waals surface area (Å²) in [6.07, 6.45) is -12.2. The molecule has 1 fully saturated rings. The molecule has 6 nitrogen and oxygen atoms in total. The summed E-state index contributed by atoms with van der Waals surface area (Å²) in [6, 6.07) is 6.05. The summed E-state index contributed by atoms with van der Waals surface area (Å²) < 4.78 is 51.4. The molecule has 10 heteroatoms. The normalized spacial score (nSPS) is 32.0. The zero-order valence-corrected chi connectivity index (χ0v) is 15.5. The van der Waals surface area contributed by atoms with Gasteiger partial charge in [-0.25, -0.2) is 0 Å². The summed E-state index contributed by atoms with van der Waals surface area (Å²) in [5, 5.41) is 23.7. The minimum absolute atomic E-state index is 0.299. The van der Waals surface area contributed by atoms with Crippen molar-refractivity contribution in [1.82, 2.24) is 5.32 Å². The standard InChI is InChI=1S/C17H21F3N2O4S/c1-8-3-5-9(6-4-8)7-25-14(17(18,19)20)13-12(24)11(23)10-15(26-13)27-16(21-2)22-10/h3-6,10-15,23-24H,7H2,1-2H3,(H,21,22)/t10-,11-,12+,13+,14-,15-/m1/s1. The van der Waals surface area contributed by atoms with Gasteiger partial charge in [0.2, 0.25) is 0 Å². The summed E-state index contributed by atoms with van der Waals surface area (Å²) in [4.78, 5) is 4.13. The molecule has 1 aromatic carbocycles. The van der Waals surface area contributed by atoms with Crippen LogP contribution in [0.25, 0.3) is 0 Å². The number of aryl methyl sites for hydroxylation is 1. The van der Waals surface area contributed by atoms with Crippen LogP contribution < -0.4 is 5.32 Å². The number of aliphatic imine (C=N–C) groups is 1. The summed E-state index contributed by atoms with van der Waals surface area (Å²) in [5.41, 5.74) is 0.711. The molecule has 3 rings (SSSR count). The number of hydrogen-bond donors (Lipinski definition) is 3. The van der Waals surface area contributed by atoms with E-state index in [0.717, 1.165) is 17.3 Å². The lowest BCUT2D eigenvalue weighted by Crippen LogP contribution is -2.61. The number of nitrogens with one attached hydrogen (secondary N) is 1. The second-order valence-electron chi connectivity index (χ2n) is 6.50. The molecule has 2 aliphatic heterocycles. The molecule has 0 radical (unpaired) electrons. The Morgan fingerprint density at radius 2 is 1.93 bits per heavy atom. The minimum atomic E-state index is -4.78. The van der Waals surface area contributed by atoms with Gasteiger partial charge in [0.05, 0.1) is 6.61 Å². The van der Waals surface area contributed by atoms with Crippen molar-refractivity contribution in [2.75, 3.05) is 7.05 Å². The van der Waals surface area contributed by atoms with Gasteiger partial charge in [0.15, 0.2) is 11.3 Å². The molecule has 6 atom stereocenters. The maximum atomic E-state index is 13.6. The number of rotatable bonds is 4. The molecule has 27 heavy (non-hydrogen) atoms. The first-order valence-electron chi connectivity index (χ1n) is 8.38. The number of halogens is 3. The quantitative estimate of drug-likeness (QED) is 0.704. The van der Waals surface area contributed by atoms with Gasteiger partial charge >= 0.3 is 6.18 Å². The Kier molecular flexibility index (Phi) is 6.02. The summed E-state index contributed by atoms with van der Waals surface area (Å²) >= 11 is 1.07. The van der Waals surface area contributed by atoms with Gasteiger partial charge in [0.25, 0.3) is 0 Å². The minimum Gasteiger partial charge on any atom is -0.388 e. The molecule has 0 spiro atoms. The largest absolute Gasteiger partial charge is 0.417 e. The predicted molar refractivity (Wildman–Crippen MR) is 94.4 cm³/mol. The average Bonchev–Trinajstić information content (AvgIpc) is 3.03. The number of benzene rings is 1. The topological polar surface area (TPSA) is 83.3 Å². The molecule has 2 aliphatic rings. The van der Waals surface area contributed by atoms with Crippen molar-refractivity contribution in [2.24, 2.45) is 4.99 Å². The van der Waals surface area contributed by atoms with Crippen LogP contribution >= 0.6 is 11.8 Å². The molecule has 0 aliphatic carbocycles. The predicted octanol–water partition coefficient (Wildman–Crippen LogP) is 1.58. The molecule has 1 saturated heterocycles. The highest BCUT2D eigenvalue weighted by Crippen LogP contribution is 2.40. The second-order valence-corrected chi connectivity index (χ2v) is 7.59. The number of aliphatic hydroxyl groups is 2. The number of thioether (sulfide) groups is 1. The Hall–Kier alpha value is -1.33. The van der Waals surface area contributed by atoms with E-state index in [1.807, 2.05) is 6.92 Å². The molecular formula is C17H21F3N2O4S. The summed E-state index contributed by atoms with van der Waals surface area (Å²) in [6.45, 7) is 1.57. The SMILES string of the molecule is CNC1=N[C@@H]2[C@@H](O)[C@H](O)[C@@H]([C@@H](OCc3ccc(C)cc3)C(F)(F)F)O[C@@H]2S1. The summed E-state index contributed by atoms with van der Waals surface area (Å²) in [5.74, 6) is 0. The molecule has 2 heterocycles. The number of ether oxygens (including phenoxy) is 2. The number of alkyl halides is 3. The summed E-state index contributed by atoms with van der Waals surface area (Å²) in [7, 11) is 1.60. The van der Waals surface area contributed by atoms with E-state index in [4.69, 9.17) is 9.47 Å². The van der Waals surface area contributed by atoms with Crippen LogP contribution in [0.5, 0.6) is 0 Å². The van der Waals surface area contributed by atoms with E-state index in [0.29, 0.717) is 10.7 Å². The van der Waals surface area contributed by atoms with E-state index in [9.17, 15) is 23.4 Å². The third-order valence-corrected chi connectivity index (χ3v) is 5.64. The highest BCUT2D eigenvalue weighted by Gasteiger charge is 2.57. The molecule has 0 amide bonds. The Balaban J connectivity index is 1.75. The lowest BCUT2D eigenvalue weighted by atomic mass is 9.94. The number of aliphatic hydroxyl groups excluding tert-OH is 2. The third kappa shape index (κ3) is 4.40. The number of amidine groups is 1. The van der Waals surface area contributed by atoms with E-state index in [1.165, 1.54) is 0 Å². The van der Waals surface area contributed by atoms with E-state index in [2.05, 4.69) is 10.3 Å². The first-order valence-corrected chi connectivity index (χ1v) is 9.26. The van der Waals surface area contributed by atoms with Gasteiger partial charge in [-0.05, 0) is 12.5 Å². The van der Waals surface area contributed by atoms with Crippen molar-refractivity contribution >= 4 is 16.9 Å². The van der Waals surface area contributed by atoms with Crippen molar-refractivity contribution in [1.29, 1.82) is 0 Å². The second kappa shape index (κ2) is 7.96. The Bertz CT molecular complexity index is 686. The van der Waals surface area contributed by atoms with E-state index >= 15 is 0 Å². The van der Waals surface area contributed by atoms with Gasteiger partial charge in [-0.15, -0.1) is 0 Å². The highest BCUT2D eigenvalue weighted by molar-refractivity contribution is 8.14. The first kappa shape index (κ1) is 20.4. The van der Waals surface area contributed by atoms with Crippen LogP contribution in [0.2, 0.25) is 0 Å². The van der Waals surface area contributed by atoms with Crippen LogP contribution in [-0.4, -0.2) is 64.5 Å². The van der Waals surface area contributed by atoms with Crippen molar-refractivity contribution in [3.05, 3.63) is 35.4 Å². The fourth-order valence-corrected chi connectivity index (χ4v) is 4.07. The molecule has 0 saturated carbocycles. The lowest BCUT2D eigenvalue weighted by molar-refractivity contribution is -0.286. The molecule has 0 aromatic heterocycles. The average molecular weight is 406 g/mol. The molecule has 0 bridgehead atoms. The molecule has 0 unspecified atom stereocenters. The van der Waals surface area contributed by atoms with Crippen LogP contribution in [0.4, 0.5) is 13.2 Å². The van der Waals surface area contributed by atoms with Gasteiger partial charge in [-0.2, -0.15) is 13.2 Å². The Morgan fingerprint density at radius 3 is 2.52 bits per heavy atom. The van der Waals surface area contributed by atoms with Crippen LogP contribution in [0, 0.1) is 6.92 Å². The van der Waals surface area contributed by atoms with Gasteiger partial charge < -0.3 is 25.0 Å². The Morgan fingerprint density at radius 1 is 1.26 bits per heavy atom. The maximum absolute atomic E-state index is 13.6. The molecule has 150 valence electrons. The van der Waals surface area contributed by atoms with E-state index in [-0.39, 0.29) is 6.61 Å². The number of nitrogens with zero attached hydrogens (tertiary/aromatic N) is 1. The number of fused-ring (bicyclic) bond motifs is 1. The molecule has 1 aromatic rings. The van der Waals surface area contributed by atoms with Crippen molar-refractivity contribution in [2.45, 2.75) is 55.6 Å². The van der Waals surface area contributed by atoms with Gasteiger partial charge in [-0.1, -0.05) is 41.6 Å². The smallest absolute Gasteiger partial charge is 0.388 e. The number of hydrogen-bond acceptors (Lipinski definition) is 7. The van der Waals surface area contributed by atoms with E-state index < -0.39 is 42.1 Å². The first-order chi connectivity index (χ1) is 12.7. The highest BCUT2D eigenvalue weighted by atomic mass is 32.2. The van der Waals surface area contributed by atoms with Crippen LogP contribution in [-0.2, 0) is 16.1 Å². The fraction of sp³-hybridized carbons (Fsp3) is 0.588. The van der Waals surface area contributed by atoms with Gasteiger partial charge in [0, 0.05) is 7.05 Å². The molecular weight excluding hydrogens is 385 g/mol. The monoisotopic (exact) mass is 406 g/mol. The van der Waals surface area contributed by atoms with Crippen molar-refractivity contribution in [3.8, 4) is 0 Å². The van der Waals surface area contributed by atoms with Crippen molar-refractivity contribution in [3.63, 3.8) is 0 Å². The van der Waals surface area contributed by atoms with Gasteiger partial charge in [0.1, 0.15) is 29.8 Å². The Labute approximate surface area is 158 Å². The lowest BCUT2D eigenvalue weighted by Gasteiger charge is -2.41. The van der Waals surface area contributed by atoms with Crippen LogP contribution in [0.3, 0.4) is 0 Å². The van der Waals surface area contributed by atoms with Gasteiger partial charge in [-0.3, -0.25) is 4.99 Å². The zero-order chi connectivity index (χ0) is 19.8. The maximum Gasteiger partial charge on any atom is 0.417 e. The molecule has 3 N–H and O–H groups in total. The zero-order valence-electron chi connectivity index (χ0n) is 14.7. The van der Waals surface area contributed by atoms with Crippen LogP contribution in [0.15, 0.2) is 29.3 Å². The van der Waals surface area contributed by atoms with E-state index in [1.54, 1.807) is 31.3 Å². The van der Waals surface area contributed by atoms with Crippen molar-refractivity contribution < 1.29 is 32.9 Å². The fourth-order valence-electron chi connectivity index (χ4n) is 3.00. The van der Waals surface area contributed by atoms with Crippen LogP contribution in [0.1, 0.15) is 11.1 Å². The third-order valence-electron chi connectivity index (χ3n) is 4.49.